The number of amides is 1. The van der Waals surface area contributed by atoms with Crippen molar-refractivity contribution in [3.63, 3.8) is 0 Å². The minimum Gasteiger partial charge on any atom is -0.486 e. The van der Waals surface area contributed by atoms with E-state index in [2.05, 4.69) is 4.90 Å². The summed E-state index contributed by atoms with van der Waals surface area (Å²) in [6.45, 7) is 2.49. The van der Waals surface area contributed by atoms with E-state index in [1.54, 1.807) is 17.0 Å². The van der Waals surface area contributed by atoms with Gasteiger partial charge in [-0.1, -0.05) is 0 Å². The van der Waals surface area contributed by atoms with Gasteiger partial charge in [0, 0.05) is 18.7 Å². The molecule has 5 rings (SSSR count). The molecule has 1 aromatic rings. The second kappa shape index (κ2) is 4.71. The van der Waals surface area contributed by atoms with Crippen LogP contribution in [0.25, 0.3) is 0 Å². The van der Waals surface area contributed by atoms with Crippen molar-refractivity contribution in [2.45, 2.75) is 25.3 Å². The molecule has 23 heavy (non-hydrogen) atoms. The molecule has 6 nitrogen and oxygen atoms in total. The van der Waals surface area contributed by atoms with E-state index in [1.807, 2.05) is 0 Å². The lowest BCUT2D eigenvalue weighted by Crippen LogP contribution is -2.44. The maximum absolute atomic E-state index is 12.4. The topological polar surface area (TPSA) is 59.1 Å². The number of carbonyl (C=O) groups is 2. The predicted octanol–water partition coefficient (Wildman–Crippen LogP) is 1.43. The van der Waals surface area contributed by atoms with E-state index in [-0.39, 0.29) is 0 Å². The second-order valence-corrected chi connectivity index (χ2v) is 6.82. The number of nitrogens with zero attached hydrogens (tertiary/aromatic N) is 2. The van der Waals surface area contributed by atoms with Gasteiger partial charge in [0.25, 0.3) is 5.78 Å². The quantitative estimate of drug-likeness (QED) is 0.773. The van der Waals surface area contributed by atoms with Crippen LogP contribution in [-0.2, 0) is 4.79 Å². The van der Waals surface area contributed by atoms with Gasteiger partial charge >= 0.3 is 5.91 Å². The molecule has 2 atom stereocenters. The average Bonchev–Trinajstić information content (AvgIpc) is 3.25. The van der Waals surface area contributed by atoms with Crippen molar-refractivity contribution in [1.82, 2.24) is 4.90 Å². The highest BCUT2D eigenvalue weighted by Crippen LogP contribution is 2.42. The third-order valence-corrected chi connectivity index (χ3v) is 5.48. The summed E-state index contributed by atoms with van der Waals surface area (Å²) in [5.41, 5.74) is 1.09. The first-order valence-electron chi connectivity index (χ1n) is 8.24. The lowest BCUT2D eigenvalue weighted by molar-refractivity contribution is -0.114. The zero-order valence-corrected chi connectivity index (χ0v) is 12.8. The van der Waals surface area contributed by atoms with Crippen LogP contribution in [0.4, 0.5) is 5.69 Å². The van der Waals surface area contributed by atoms with Crippen LogP contribution in [0.15, 0.2) is 12.1 Å². The van der Waals surface area contributed by atoms with Crippen molar-refractivity contribution in [3.8, 4) is 11.5 Å². The molecule has 4 aliphatic rings. The summed E-state index contributed by atoms with van der Waals surface area (Å²) < 4.78 is 11.1. The van der Waals surface area contributed by atoms with Crippen molar-refractivity contribution in [3.05, 3.63) is 17.7 Å². The van der Waals surface area contributed by atoms with Crippen LogP contribution < -0.4 is 14.4 Å². The van der Waals surface area contributed by atoms with Crippen LogP contribution in [0.3, 0.4) is 0 Å². The summed E-state index contributed by atoms with van der Waals surface area (Å²) in [7, 11) is 0. The summed E-state index contributed by atoms with van der Waals surface area (Å²) >= 11 is 0. The van der Waals surface area contributed by atoms with E-state index >= 15 is 0 Å². The molecule has 0 N–H and O–H groups in total. The maximum Gasteiger partial charge on any atom is 0.300 e. The molecule has 2 bridgehead atoms. The molecular weight excluding hydrogens is 296 g/mol. The number of hydrogen-bond donors (Lipinski definition) is 0. The Morgan fingerprint density at radius 3 is 2.57 bits per heavy atom. The SMILES string of the molecule is O=C1C(=O)N(CN2CC3CCC2C3)c2cc3c(cc21)OCCO3. The molecule has 0 radical (unpaired) electrons. The molecule has 2 fully saturated rings. The smallest absolute Gasteiger partial charge is 0.300 e. The molecule has 1 amide bonds. The van der Waals surface area contributed by atoms with Gasteiger partial charge in [-0.15, -0.1) is 0 Å². The van der Waals surface area contributed by atoms with E-state index < -0.39 is 11.7 Å². The third-order valence-electron chi connectivity index (χ3n) is 5.48. The summed E-state index contributed by atoms with van der Waals surface area (Å²) in [4.78, 5) is 28.7. The third kappa shape index (κ3) is 1.91. The number of piperidine rings is 1. The number of benzene rings is 1. The van der Waals surface area contributed by atoms with E-state index in [9.17, 15) is 9.59 Å². The van der Waals surface area contributed by atoms with Crippen molar-refractivity contribution in [2.75, 3.05) is 31.3 Å². The van der Waals surface area contributed by atoms with E-state index in [0.717, 1.165) is 12.5 Å². The number of hydrogen-bond acceptors (Lipinski definition) is 5. The standard InChI is InChI=1S/C17H18N2O4/c20-16-12-6-14-15(23-4-3-22-14)7-13(12)19(17(16)21)9-18-8-10-1-2-11(18)5-10/h6-7,10-11H,1-5,8-9H2. The summed E-state index contributed by atoms with van der Waals surface area (Å²) in [6.07, 6.45) is 3.72. The van der Waals surface area contributed by atoms with Gasteiger partial charge in [-0.3, -0.25) is 19.4 Å². The maximum atomic E-state index is 12.4. The molecule has 1 aromatic carbocycles. The van der Waals surface area contributed by atoms with Gasteiger partial charge < -0.3 is 9.47 Å². The first kappa shape index (κ1) is 13.4. The largest absolute Gasteiger partial charge is 0.486 e. The molecule has 3 aliphatic heterocycles. The Labute approximate surface area is 133 Å². The average molecular weight is 314 g/mol. The van der Waals surface area contributed by atoms with Gasteiger partial charge in [0.2, 0.25) is 0 Å². The summed E-state index contributed by atoms with van der Waals surface area (Å²) in [5, 5.41) is 0. The van der Waals surface area contributed by atoms with Crippen molar-refractivity contribution >= 4 is 17.4 Å². The fourth-order valence-electron chi connectivity index (χ4n) is 4.35. The first-order valence-corrected chi connectivity index (χ1v) is 8.24. The van der Waals surface area contributed by atoms with Crippen LogP contribution in [0.5, 0.6) is 11.5 Å². The number of fused-ring (bicyclic) bond motifs is 4. The molecular formula is C17H18N2O4. The zero-order chi connectivity index (χ0) is 15.6. The number of Topliss-reactive ketones (excluding diaryl/α,β-unsaturated/α-hetero) is 1. The fourth-order valence-corrected chi connectivity index (χ4v) is 4.35. The monoisotopic (exact) mass is 314 g/mol. The lowest BCUT2D eigenvalue weighted by atomic mass is 10.1. The van der Waals surface area contributed by atoms with Crippen LogP contribution in [0.2, 0.25) is 0 Å². The van der Waals surface area contributed by atoms with E-state index in [0.29, 0.717) is 48.7 Å². The highest BCUT2D eigenvalue weighted by atomic mass is 16.6. The van der Waals surface area contributed by atoms with E-state index in [1.165, 1.54) is 19.3 Å². The van der Waals surface area contributed by atoms with Crippen LogP contribution >= 0.6 is 0 Å². The number of carbonyl (C=O) groups excluding carboxylic acids is 2. The van der Waals surface area contributed by atoms with Crippen LogP contribution in [0.1, 0.15) is 29.6 Å². The Hall–Kier alpha value is -2.08. The highest BCUT2D eigenvalue weighted by molar-refractivity contribution is 6.52. The predicted molar refractivity (Wildman–Crippen MR) is 82.0 cm³/mol. The first-order chi connectivity index (χ1) is 11.2. The summed E-state index contributed by atoms with van der Waals surface area (Å²) in [5.74, 6) is 1.04. The molecule has 3 heterocycles. The number of anilines is 1. The van der Waals surface area contributed by atoms with Crippen molar-refractivity contribution in [1.29, 1.82) is 0 Å². The van der Waals surface area contributed by atoms with Gasteiger partial charge in [0.15, 0.2) is 11.5 Å². The fraction of sp³-hybridized carbons (Fsp3) is 0.529. The molecule has 0 spiro atoms. The molecule has 6 heteroatoms. The molecule has 1 saturated heterocycles. The molecule has 1 saturated carbocycles. The van der Waals surface area contributed by atoms with Crippen LogP contribution in [0, 0.1) is 5.92 Å². The van der Waals surface area contributed by atoms with Crippen molar-refractivity contribution in [2.24, 2.45) is 5.92 Å². The van der Waals surface area contributed by atoms with Crippen LogP contribution in [-0.4, -0.2) is 49.1 Å². The van der Waals surface area contributed by atoms with Gasteiger partial charge in [-0.25, -0.2) is 0 Å². The Morgan fingerprint density at radius 1 is 1.09 bits per heavy atom. The Kier molecular flexibility index (Phi) is 2.74. The number of ketones is 1. The summed E-state index contributed by atoms with van der Waals surface area (Å²) in [6, 6.07) is 3.99. The van der Waals surface area contributed by atoms with Crippen molar-refractivity contribution < 1.29 is 19.1 Å². The second-order valence-electron chi connectivity index (χ2n) is 6.82. The van der Waals surface area contributed by atoms with Gasteiger partial charge in [-0.05, 0) is 31.2 Å². The van der Waals surface area contributed by atoms with Gasteiger partial charge in [0.05, 0.1) is 17.9 Å². The van der Waals surface area contributed by atoms with Gasteiger partial charge in [0.1, 0.15) is 13.2 Å². The Balaban J connectivity index is 1.49. The molecule has 1 aliphatic carbocycles. The lowest BCUT2D eigenvalue weighted by Gasteiger charge is -2.31. The zero-order valence-electron chi connectivity index (χ0n) is 12.8. The van der Waals surface area contributed by atoms with Gasteiger partial charge in [-0.2, -0.15) is 0 Å². The Bertz CT molecular complexity index is 717. The highest BCUT2D eigenvalue weighted by Gasteiger charge is 2.43. The Morgan fingerprint density at radius 2 is 1.87 bits per heavy atom. The minimum absolute atomic E-state index is 0.434. The molecule has 2 unspecified atom stereocenters. The number of rotatable bonds is 2. The number of ether oxygens (including phenoxy) is 2. The molecule has 0 aromatic heterocycles. The molecule has 120 valence electrons. The van der Waals surface area contributed by atoms with E-state index in [4.69, 9.17) is 9.47 Å². The normalized spacial score (nSPS) is 28.6. The number of likely N-dealkylation sites (tertiary alicyclic amines) is 1. The minimum atomic E-state index is -0.443.